The zero-order chi connectivity index (χ0) is 18.3. The van der Waals surface area contributed by atoms with Gasteiger partial charge in [0, 0.05) is 43.9 Å². The van der Waals surface area contributed by atoms with Crippen LogP contribution >= 0.6 is 0 Å². The summed E-state index contributed by atoms with van der Waals surface area (Å²) in [7, 11) is 0. The minimum absolute atomic E-state index is 0.00334. The van der Waals surface area contributed by atoms with Crippen LogP contribution in [0.25, 0.3) is 5.65 Å². The topological polar surface area (TPSA) is 83.9 Å². The van der Waals surface area contributed by atoms with Gasteiger partial charge in [0.1, 0.15) is 11.4 Å². The lowest BCUT2D eigenvalue weighted by molar-refractivity contribution is -0.129. The Labute approximate surface area is 151 Å². The second kappa shape index (κ2) is 6.57. The number of carbonyl (C=O) groups is 1. The summed E-state index contributed by atoms with van der Waals surface area (Å²) >= 11 is 0. The highest BCUT2D eigenvalue weighted by Gasteiger charge is 2.34. The van der Waals surface area contributed by atoms with E-state index >= 15 is 0 Å². The molecule has 0 spiro atoms. The number of rotatable bonds is 4. The lowest BCUT2D eigenvalue weighted by Gasteiger charge is -2.15. The van der Waals surface area contributed by atoms with Gasteiger partial charge in [0.05, 0.1) is 23.9 Å². The van der Waals surface area contributed by atoms with E-state index < -0.39 is 6.10 Å². The van der Waals surface area contributed by atoms with E-state index in [0.29, 0.717) is 19.5 Å². The Morgan fingerprint density at radius 2 is 2.23 bits per heavy atom. The summed E-state index contributed by atoms with van der Waals surface area (Å²) < 4.78 is 7.19. The summed E-state index contributed by atoms with van der Waals surface area (Å²) in [5.74, 6) is 0.720. The Kier molecular flexibility index (Phi) is 4.24. The Balaban J connectivity index is 1.44. The van der Waals surface area contributed by atoms with Crippen molar-refractivity contribution in [2.75, 3.05) is 13.1 Å². The zero-order valence-electron chi connectivity index (χ0n) is 14.9. The van der Waals surface area contributed by atoms with Crippen molar-refractivity contribution >= 4 is 11.6 Å². The molecule has 1 aliphatic rings. The maximum absolute atomic E-state index is 12.7. The SMILES string of the molecule is Cc1cc(C[C@@H]2CN(C(=O)Cc3cnc4c(C)cccn34)C[C@H]2O)on1. The number of hydrogen-bond acceptors (Lipinski definition) is 5. The summed E-state index contributed by atoms with van der Waals surface area (Å²) in [5, 5.41) is 14.2. The van der Waals surface area contributed by atoms with Crippen LogP contribution in [0.3, 0.4) is 0 Å². The molecule has 7 nitrogen and oxygen atoms in total. The first kappa shape index (κ1) is 16.8. The summed E-state index contributed by atoms with van der Waals surface area (Å²) in [6.07, 6.45) is 3.98. The van der Waals surface area contributed by atoms with Crippen LogP contribution in [0.1, 0.15) is 22.7 Å². The number of imidazole rings is 1. The van der Waals surface area contributed by atoms with E-state index in [1.165, 1.54) is 0 Å². The van der Waals surface area contributed by atoms with Crippen molar-refractivity contribution in [1.82, 2.24) is 19.4 Å². The lowest BCUT2D eigenvalue weighted by atomic mass is 10.0. The molecule has 0 aromatic carbocycles. The molecule has 2 atom stereocenters. The third kappa shape index (κ3) is 3.10. The molecule has 0 radical (unpaired) electrons. The first-order valence-electron chi connectivity index (χ1n) is 8.81. The van der Waals surface area contributed by atoms with E-state index in [1.54, 1.807) is 11.1 Å². The predicted octanol–water partition coefficient (Wildman–Crippen LogP) is 1.54. The van der Waals surface area contributed by atoms with Gasteiger partial charge in [0.25, 0.3) is 0 Å². The van der Waals surface area contributed by atoms with Crippen molar-refractivity contribution in [3.05, 3.63) is 53.3 Å². The average molecular weight is 354 g/mol. The van der Waals surface area contributed by atoms with Crippen LogP contribution in [0.5, 0.6) is 0 Å². The number of aliphatic hydroxyl groups excluding tert-OH is 1. The number of aromatic nitrogens is 3. The Bertz CT molecular complexity index is 945. The number of aliphatic hydroxyl groups is 1. The van der Waals surface area contributed by atoms with Crippen LogP contribution < -0.4 is 0 Å². The first-order valence-corrected chi connectivity index (χ1v) is 8.81. The van der Waals surface area contributed by atoms with Gasteiger partial charge in [-0.15, -0.1) is 0 Å². The molecule has 3 aromatic heterocycles. The number of fused-ring (bicyclic) bond motifs is 1. The number of likely N-dealkylation sites (tertiary alicyclic amines) is 1. The molecule has 0 unspecified atom stereocenters. The van der Waals surface area contributed by atoms with Crippen molar-refractivity contribution in [2.24, 2.45) is 5.92 Å². The number of aryl methyl sites for hydroxylation is 2. The molecule has 1 N–H and O–H groups in total. The molecular formula is C19H22N4O3. The van der Waals surface area contributed by atoms with Gasteiger partial charge in [-0.25, -0.2) is 4.98 Å². The molecule has 26 heavy (non-hydrogen) atoms. The van der Waals surface area contributed by atoms with Gasteiger partial charge in [-0.1, -0.05) is 11.2 Å². The summed E-state index contributed by atoms with van der Waals surface area (Å²) in [5.41, 5.74) is 3.63. The standard InChI is InChI=1S/C19H22N4O3/c1-12-4-3-5-23-15(9-20-19(12)23)8-18(25)22-10-14(17(24)11-22)7-16-6-13(2)21-26-16/h3-6,9,14,17,24H,7-8,10-11H2,1-2H3/t14-,17-/m1/s1. The van der Waals surface area contributed by atoms with Gasteiger partial charge in [-0.3, -0.25) is 4.79 Å². The Morgan fingerprint density at radius 1 is 1.38 bits per heavy atom. The molecule has 0 aliphatic carbocycles. The molecule has 1 amide bonds. The quantitative estimate of drug-likeness (QED) is 0.768. The van der Waals surface area contributed by atoms with Gasteiger partial charge >= 0.3 is 0 Å². The van der Waals surface area contributed by atoms with Gasteiger partial charge in [0.15, 0.2) is 0 Å². The molecule has 1 saturated heterocycles. The summed E-state index contributed by atoms with van der Waals surface area (Å²) in [6.45, 7) is 4.74. The van der Waals surface area contributed by atoms with Crippen molar-refractivity contribution in [1.29, 1.82) is 0 Å². The normalized spacial score (nSPS) is 20.2. The fraction of sp³-hybridized carbons (Fsp3) is 0.421. The van der Waals surface area contributed by atoms with Crippen molar-refractivity contribution in [2.45, 2.75) is 32.8 Å². The molecule has 0 saturated carbocycles. The van der Waals surface area contributed by atoms with E-state index in [1.807, 2.05) is 42.6 Å². The lowest BCUT2D eigenvalue weighted by Crippen LogP contribution is -2.31. The fourth-order valence-corrected chi connectivity index (χ4v) is 3.63. The van der Waals surface area contributed by atoms with Crippen LogP contribution in [0.15, 0.2) is 35.1 Å². The van der Waals surface area contributed by atoms with E-state index in [4.69, 9.17) is 4.52 Å². The molecule has 4 rings (SSSR count). The minimum atomic E-state index is -0.547. The smallest absolute Gasteiger partial charge is 0.228 e. The van der Waals surface area contributed by atoms with E-state index in [0.717, 1.165) is 28.4 Å². The molecule has 1 aliphatic heterocycles. The Hall–Kier alpha value is -2.67. The molecule has 136 valence electrons. The number of carbonyl (C=O) groups excluding carboxylic acids is 1. The molecule has 4 heterocycles. The second-order valence-corrected chi connectivity index (χ2v) is 7.08. The minimum Gasteiger partial charge on any atom is -0.391 e. The van der Waals surface area contributed by atoms with Crippen LogP contribution in [0.2, 0.25) is 0 Å². The molecule has 1 fully saturated rings. The average Bonchev–Trinajstić information content (AvgIpc) is 3.29. The summed E-state index contributed by atoms with van der Waals surface area (Å²) in [6, 6.07) is 5.82. The molecule has 3 aromatic rings. The number of hydrogen-bond donors (Lipinski definition) is 1. The van der Waals surface area contributed by atoms with Gasteiger partial charge in [0.2, 0.25) is 5.91 Å². The van der Waals surface area contributed by atoms with E-state index in [-0.39, 0.29) is 18.2 Å². The van der Waals surface area contributed by atoms with Crippen LogP contribution in [0.4, 0.5) is 0 Å². The third-order valence-corrected chi connectivity index (χ3v) is 5.04. The predicted molar refractivity (Wildman–Crippen MR) is 94.7 cm³/mol. The highest BCUT2D eigenvalue weighted by atomic mass is 16.5. The molecule has 0 bridgehead atoms. The van der Waals surface area contributed by atoms with E-state index in [2.05, 4.69) is 10.1 Å². The number of β-amino-alcohol motifs (C(OH)–C–C–N with tert-alkyl or cyclic N) is 1. The van der Waals surface area contributed by atoms with Gasteiger partial charge in [-0.05, 0) is 25.5 Å². The van der Waals surface area contributed by atoms with E-state index in [9.17, 15) is 9.90 Å². The van der Waals surface area contributed by atoms with Crippen molar-refractivity contribution in [3.8, 4) is 0 Å². The van der Waals surface area contributed by atoms with Gasteiger partial charge in [-0.2, -0.15) is 0 Å². The van der Waals surface area contributed by atoms with Crippen LogP contribution in [0, 0.1) is 19.8 Å². The fourth-order valence-electron chi connectivity index (χ4n) is 3.63. The van der Waals surface area contributed by atoms with Crippen molar-refractivity contribution < 1.29 is 14.4 Å². The maximum Gasteiger partial charge on any atom is 0.228 e. The monoisotopic (exact) mass is 354 g/mol. The van der Waals surface area contributed by atoms with Crippen LogP contribution in [-0.2, 0) is 17.6 Å². The number of amides is 1. The Morgan fingerprint density at radius 3 is 3.00 bits per heavy atom. The van der Waals surface area contributed by atoms with Gasteiger partial charge < -0.3 is 18.9 Å². The highest BCUT2D eigenvalue weighted by Crippen LogP contribution is 2.23. The molecular weight excluding hydrogens is 332 g/mol. The number of nitrogens with zero attached hydrogens (tertiary/aromatic N) is 4. The second-order valence-electron chi connectivity index (χ2n) is 7.08. The zero-order valence-corrected chi connectivity index (χ0v) is 14.9. The largest absolute Gasteiger partial charge is 0.391 e. The number of pyridine rings is 1. The van der Waals surface area contributed by atoms with Crippen molar-refractivity contribution in [3.63, 3.8) is 0 Å². The summed E-state index contributed by atoms with van der Waals surface area (Å²) in [4.78, 5) is 18.9. The first-order chi connectivity index (χ1) is 12.5. The molecule has 7 heteroatoms. The maximum atomic E-state index is 12.7. The third-order valence-electron chi connectivity index (χ3n) is 5.04. The van der Waals surface area contributed by atoms with Crippen LogP contribution in [-0.4, -0.2) is 49.6 Å². The highest BCUT2D eigenvalue weighted by molar-refractivity contribution is 5.79.